The van der Waals surface area contributed by atoms with Crippen molar-refractivity contribution >= 4 is 11.9 Å². The van der Waals surface area contributed by atoms with E-state index < -0.39 is 0 Å². The zero-order valence-corrected chi connectivity index (χ0v) is 15.2. The number of ether oxygens (including phenoxy) is 1. The summed E-state index contributed by atoms with van der Waals surface area (Å²) < 4.78 is 5.31. The van der Waals surface area contributed by atoms with Crippen LogP contribution in [0.4, 0.5) is 4.79 Å². The Morgan fingerprint density at radius 1 is 0.923 bits per heavy atom. The highest BCUT2D eigenvalue weighted by atomic mass is 16.5. The molecule has 2 saturated heterocycles. The number of fused-ring (bicyclic) bond motifs is 1. The van der Waals surface area contributed by atoms with Gasteiger partial charge in [-0.2, -0.15) is 0 Å². The molecule has 2 aliphatic heterocycles. The van der Waals surface area contributed by atoms with Crippen LogP contribution < -0.4 is 0 Å². The molecule has 1 aliphatic carbocycles. The third-order valence-electron chi connectivity index (χ3n) is 5.86. The highest BCUT2D eigenvalue weighted by Gasteiger charge is 2.30. The molecule has 2 fully saturated rings. The second-order valence-corrected chi connectivity index (χ2v) is 7.39. The van der Waals surface area contributed by atoms with Crippen molar-refractivity contribution in [2.75, 3.05) is 52.5 Å². The van der Waals surface area contributed by atoms with Crippen LogP contribution in [-0.2, 0) is 16.0 Å². The van der Waals surface area contributed by atoms with E-state index in [0.717, 1.165) is 12.8 Å². The molecule has 140 valence electrons. The zero-order valence-electron chi connectivity index (χ0n) is 15.2. The number of rotatable bonds is 2. The van der Waals surface area contributed by atoms with Gasteiger partial charge in [0, 0.05) is 45.7 Å². The molecule has 1 atom stereocenters. The number of benzene rings is 1. The zero-order chi connectivity index (χ0) is 17.9. The van der Waals surface area contributed by atoms with Gasteiger partial charge in [0.1, 0.15) is 0 Å². The number of morpholine rings is 1. The maximum atomic E-state index is 12.7. The number of amides is 3. The Labute approximate surface area is 154 Å². The lowest BCUT2D eigenvalue weighted by atomic mass is 9.97. The number of hydrogen-bond donors (Lipinski definition) is 0. The molecule has 1 aromatic carbocycles. The summed E-state index contributed by atoms with van der Waals surface area (Å²) in [4.78, 5) is 30.9. The Morgan fingerprint density at radius 3 is 2.35 bits per heavy atom. The van der Waals surface area contributed by atoms with Crippen molar-refractivity contribution in [1.82, 2.24) is 14.7 Å². The van der Waals surface area contributed by atoms with Crippen molar-refractivity contribution in [3.05, 3.63) is 35.4 Å². The minimum absolute atomic E-state index is 0.0881. The molecular weight excluding hydrogens is 330 g/mol. The van der Waals surface area contributed by atoms with Crippen molar-refractivity contribution in [2.45, 2.75) is 25.2 Å². The van der Waals surface area contributed by atoms with Crippen molar-refractivity contribution < 1.29 is 14.3 Å². The average Bonchev–Trinajstić information content (AvgIpc) is 3.11. The molecule has 0 aromatic heterocycles. The Bertz CT molecular complexity index is 664. The molecule has 6 heteroatoms. The maximum Gasteiger partial charge on any atom is 0.320 e. The van der Waals surface area contributed by atoms with Gasteiger partial charge in [-0.25, -0.2) is 4.79 Å². The normalized spacial score (nSPS) is 23.1. The molecule has 6 nitrogen and oxygen atoms in total. The number of carbonyl (C=O) groups excluding carboxylic acids is 2. The molecule has 0 bridgehead atoms. The summed E-state index contributed by atoms with van der Waals surface area (Å²) in [5, 5.41) is 0. The minimum Gasteiger partial charge on any atom is -0.378 e. The van der Waals surface area contributed by atoms with Gasteiger partial charge in [-0.3, -0.25) is 4.79 Å². The van der Waals surface area contributed by atoms with Crippen LogP contribution in [0.2, 0.25) is 0 Å². The largest absolute Gasteiger partial charge is 0.378 e. The summed E-state index contributed by atoms with van der Waals surface area (Å²) in [6.45, 7) is 5.11. The van der Waals surface area contributed by atoms with E-state index in [2.05, 4.69) is 24.3 Å². The standard InChI is InChI=1S/C20H27N3O3/c24-19(15-17-6-5-16-3-1-2-4-18(16)17)21-7-9-22(10-8-21)20(25)23-11-13-26-14-12-23/h1-4,17H,5-15H2/t17-/m1/s1. The summed E-state index contributed by atoms with van der Waals surface area (Å²) in [6, 6.07) is 8.57. The monoisotopic (exact) mass is 357 g/mol. The van der Waals surface area contributed by atoms with Crippen LogP contribution in [-0.4, -0.2) is 79.1 Å². The summed E-state index contributed by atoms with van der Waals surface area (Å²) >= 11 is 0. The highest BCUT2D eigenvalue weighted by Crippen LogP contribution is 2.35. The molecule has 0 radical (unpaired) electrons. The first kappa shape index (κ1) is 17.3. The Morgan fingerprint density at radius 2 is 1.58 bits per heavy atom. The minimum atomic E-state index is 0.0881. The number of urea groups is 1. The molecule has 0 saturated carbocycles. The van der Waals surface area contributed by atoms with E-state index in [9.17, 15) is 9.59 Å². The lowest BCUT2D eigenvalue weighted by molar-refractivity contribution is -0.133. The molecule has 0 unspecified atom stereocenters. The van der Waals surface area contributed by atoms with E-state index in [4.69, 9.17) is 4.74 Å². The summed E-state index contributed by atoms with van der Waals surface area (Å²) in [7, 11) is 0. The number of piperazine rings is 1. The number of nitrogens with zero attached hydrogens (tertiary/aromatic N) is 3. The predicted octanol–water partition coefficient (Wildman–Crippen LogP) is 1.70. The molecule has 3 aliphatic rings. The highest BCUT2D eigenvalue weighted by molar-refractivity contribution is 5.78. The topological polar surface area (TPSA) is 53.1 Å². The van der Waals surface area contributed by atoms with Crippen molar-refractivity contribution in [2.24, 2.45) is 0 Å². The van der Waals surface area contributed by atoms with Gasteiger partial charge >= 0.3 is 6.03 Å². The molecular formula is C20H27N3O3. The summed E-state index contributed by atoms with van der Waals surface area (Å²) in [5.74, 6) is 0.580. The fourth-order valence-corrected chi connectivity index (χ4v) is 4.30. The molecule has 0 N–H and O–H groups in total. The van der Waals surface area contributed by atoms with Crippen LogP contribution >= 0.6 is 0 Å². The predicted molar refractivity (Wildman–Crippen MR) is 98.1 cm³/mol. The Kier molecular flexibility index (Phi) is 5.11. The summed E-state index contributed by atoms with van der Waals surface area (Å²) in [5.41, 5.74) is 2.74. The van der Waals surface area contributed by atoms with Crippen molar-refractivity contribution in [3.8, 4) is 0 Å². The van der Waals surface area contributed by atoms with E-state index in [1.807, 2.05) is 14.7 Å². The maximum absolute atomic E-state index is 12.7. The van der Waals surface area contributed by atoms with Crippen LogP contribution in [0.3, 0.4) is 0 Å². The van der Waals surface area contributed by atoms with Crippen molar-refractivity contribution in [1.29, 1.82) is 0 Å². The number of hydrogen-bond acceptors (Lipinski definition) is 3. The van der Waals surface area contributed by atoms with Gasteiger partial charge in [-0.1, -0.05) is 24.3 Å². The molecule has 2 heterocycles. The first-order chi connectivity index (χ1) is 12.7. The molecule has 26 heavy (non-hydrogen) atoms. The van der Waals surface area contributed by atoms with E-state index >= 15 is 0 Å². The van der Waals surface area contributed by atoms with Gasteiger partial charge in [-0.15, -0.1) is 0 Å². The van der Waals surface area contributed by atoms with E-state index in [0.29, 0.717) is 64.8 Å². The second kappa shape index (κ2) is 7.66. The van der Waals surface area contributed by atoms with Crippen LogP contribution in [0.5, 0.6) is 0 Å². The number of aryl methyl sites for hydroxylation is 1. The quantitative estimate of drug-likeness (QED) is 0.810. The lowest BCUT2D eigenvalue weighted by Gasteiger charge is -2.38. The van der Waals surface area contributed by atoms with Gasteiger partial charge in [0.25, 0.3) is 0 Å². The average molecular weight is 357 g/mol. The second-order valence-electron chi connectivity index (χ2n) is 7.39. The van der Waals surface area contributed by atoms with Crippen LogP contribution in [0.1, 0.15) is 29.9 Å². The molecule has 0 spiro atoms. The fourth-order valence-electron chi connectivity index (χ4n) is 4.30. The van der Waals surface area contributed by atoms with E-state index in [1.165, 1.54) is 11.1 Å². The van der Waals surface area contributed by atoms with E-state index in [-0.39, 0.29) is 11.9 Å². The van der Waals surface area contributed by atoms with Gasteiger partial charge in [0.05, 0.1) is 13.2 Å². The van der Waals surface area contributed by atoms with Gasteiger partial charge < -0.3 is 19.4 Å². The first-order valence-corrected chi connectivity index (χ1v) is 9.69. The number of carbonyl (C=O) groups is 2. The molecule has 1 aromatic rings. The van der Waals surface area contributed by atoms with Gasteiger partial charge in [0.15, 0.2) is 0 Å². The van der Waals surface area contributed by atoms with E-state index in [1.54, 1.807) is 0 Å². The molecule has 4 rings (SSSR count). The van der Waals surface area contributed by atoms with Crippen LogP contribution in [0.25, 0.3) is 0 Å². The van der Waals surface area contributed by atoms with Crippen LogP contribution in [0.15, 0.2) is 24.3 Å². The third kappa shape index (κ3) is 3.56. The SMILES string of the molecule is O=C(C[C@H]1CCc2ccccc21)N1CCN(C(=O)N2CCOCC2)CC1. The molecule has 3 amide bonds. The van der Waals surface area contributed by atoms with Gasteiger partial charge in [-0.05, 0) is 29.9 Å². The smallest absolute Gasteiger partial charge is 0.320 e. The first-order valence-electron chi connectivity index (χ1n) is 9.69. The third-order valence-corrected chi connectivity index (χ3v) is 5.86. The van der Waals surface area contributed by atoms with Crippen LogP contribution in [0, 0.1) is 0 Å². The van der Waals surface area contributed by atoms with Crippen molar-refractivity contribution in [3.63, 3.8) is 0 Å². The summed E-state index contributed by atoms with van der Waals surface area (Å²) in [6.07, 6.45) is 2.74. The lowest BCUT2D eigenvalue weighted by Crippen LogP contribution is -2.55. The fraction of sp³-hybridized carbons (Fsp3) is 0.600. The van der Waals surface area contributed by atoms with Gasteiger partial charge in [0.2, 0.25) is 5.91 Å². The Hall–Kier alpha value is -2.08. The Balaban J connectivity index is 1.28.